The predicted molar refractivity (Wildman–Crippen MR) is 155 cm³/mol. The highest BCUT2D eigenvalue weighted by atomic mass is 32.2. The van der Waals surface area contributed by atoms with E-state index in [1.54, 1.807) is 31.7 Å². The first-order valence-corrected chi connectivity index (χ1v) is 14.4. The van der Waals surface area contributed by atoms with Crippen molar-refractivity contribution in [2.24, 2.45) is 0 Å². The van der Waals surface area contributed by atoms with Gasteiger partial charge in [-0.25, -0.2) is 13.4 Å². The minimum atomic E-state index is -4.15. The Labute approximate surface area is 239 Å². The number of nitrogens with one attached hydrogen (secondary N) is 2. The van der Waals surface area contributed by atoms with Gasteiger partial charge < -0.3 is 15.0 Å². The first-order valence-electron chi connectivity index (χ1n) is 13.0. The Morgan fingerprint density at radius 1 is 1.00 bits per heavy atom. The zero-order valence-corrected chi connectivity index (χ0v) is 23.3. The standard InChI is InChI=1S/C31H30N4O5S/c1-35(20-19-23-7-3-2-4-8-23)30(36)18-17-28(31(37)38)34-41(39,40)26-15-12-24(13-16-26)11-14-25-9-5-6-10-27(25)29-21-32-22-33-29/h2-10,12-13,15-16,21-22,28,34H,17-20H2,1H3,(H,32,33)(H,37,38)/t28-/m1/s1. The number of carbonyl (C=O) groups excluding carboxylic acids is 1. The number of sulfonamides is 1. The second kappa shape index (κ2) is 13.6. The largest absolute Gasteiger partial charge is 0.480 e. The Hall–Kier alpha value is -4.72. The third-order valence-corrected chi connectivity index (χ3v) is 7.94. The van der Waals surface area contributed by atoms with E-state index in [0.717, 1.165) is 22.4 Å². The summed E-state index contributed by atoms with van der Waals surface area (Å²) in [5, 5.41) is 9.62. The molecule has 1 heterocycles. The van der Waals surface area contributed by atoms with Crippen LogP contribution in [0.15, 0.2) is 96.3 Å². The topological polar surface area (TPSA) is 132 Å². The quantitative estimate of drug-likeness (QED) is 0.236. The first-order chi connectivity index (χ1) is 19.7. The lowest BCUT2D eigenvalue weighted by molar-refractivity contribution is -0.139. The average Bonchev–Trinajstić information content (AvgIpc) is 3.52. The molecule has 0 bridgehead atoms. The molecule has 4 rings (SSSR count). The average molecular weight is 571 g/mol. The molecule has 0 saturated carbocycles. The van der Waals surface area contributed by atoms with Gasteiger partial charge in [-0.1, -0.05) is 60.4 Å². The summed E-state index contributed by atoms with van der Waals surface area (Å²) in [6.07, 6.45) is 3.74. The smallest absolute Gasteiger partial charge is 0.321 e. The van der Waals surface area contributed by atoms with Crippen LogP contribution < -0.4 is 4.72 Å². The van der Waals surface area contributed by atoms with Crippen LogP contribution in [0, 0.1) is 11.8 Å². The molecule has 0 saturated heterocycles. The molecule has 0 aliphatic heterocycles. The maximum Gasteiger partial charge on any atom is 0.321 e. The highest BCUT2D eigenvalue weighted by Gasteiger charge is 2.26. The van der Waals surface area contributed by atoms with Gasteiger partial charge in [0.15, 0.2) is 0 Å². The van der Waals surface area contributed by atoms with Crippen LogP contribution in [0.4, 0.5) is 0 Å². The molecule has 1 amide bonds. The summed E-state index contributed by atoms with van der Waals surface area (Å²) in [5.41, 5.74) is 4.06. The normalized spacial score (nSPS) is 11.7. The Morgan fingerprint density at radius 3 is 2.39 bits per heavy atom. The van der Waals surface area contributed by atoms with Gasteiger partial charge in [0.05, 0.1) is 16.9 Å². The molecule has 210 valence electrons. The van der Waals surface area contributed by atoms with Crippen molar-refractivity contribution in [1.82, 2.24) is 19.6 Å². The van der Waals surface area contributed by atoms with Crippen LogP contribution in [0.3, 0.4) is 0 Å². The number of nitrogens with zero attached hydrogens (tertiary/aromatic N) is 2. The second-order valence-corrected chi connectivity index (χ2v) is 11.1. The summed E-state index contributed by atoms with van der Waals surface area (Å²) in [4.78, 5) is 33.0. The molecule has 1 atom stereocenters. The van der Waals surface area contributed by atoms with Crippen molar-refractivity contribution in [2.45, 2.75) is 30.2 Å². The van der Waals surface area contributed by atoms with Gasteiger partial charge in [0.25, 0.3) is 0 Å². The number of hydrogen-bond donors (Lipinski definition) is 3. The van der Waals surface area contributed by atoms with Crippen LogP contribution in [0.1, 0.15) is 29.5 Å². The molecule has 4 aromatic rings. The molecule has 3 aromatic carbocycles. The van der Waals surface area contributed by atoms with Gasteiger partial charge >= 0.3 is 5.97 Å². The van der Waals surface area contributed by atoms with E-state index in [2.05, 4.69) is 26.5 Å². The molecule has 0 spiro atoms. The molecule has 0 aliphatic rings. The van der Waals surface area contributed by atoms with E-state index in [0.29, 0.717) is 18.5 Å². The third kappa shape index (κ3) is 8.14. The van der Waals surface area contributed by atoms with Crippen LogP contribution in [-0.4, -0.2) is 59.9 Å². The Kier molecular flexibility index (Phi) is 9.68. The van der Waals surface area contributed by atoms with E-state index >= 15 is 0 Å². The monoisotopic (exact) mass is 570 g/mol. The lowest BCUT2D eigenvalue weighted by Crippen LogP contribution is -2.41. The summed E-state index contributed by atoms with van der Waals surface area (Å²) in [6.45, 7) is 0.468. The molecule has 0 unspecified atom stereocenters. The van der Waals surface area contributed by atoms with Crippen molar-refractivity contribution in [2.75, 3.05) is 13.6 Å². The number of aromatic nitrogens is 2. The zero-order valence-electron chi connectivity index (χ0n) is 22.4. The van der Waals surface area contributed by atoms with Crippen molar-refractivity contribution >= 4 is 21.9 Å². The number of hydrogen-bond acceptors (Lipinski definition) is 5. The van der Waals surface area contributed by atoms with Crippen molar-refractivity contribution in [1.29, 1.82) is 0 Å². The van der Waals surface area contributed by atoms with Crippen molar-refractivity contribution in [3.63, 3.8) is 0 Å². The second-order valence-electron chi connectivity index (χ2n) is 9.38. The Bertz CT molecular complexity index is 1640. The fourth-order valence-electron chi connectivity index (χ4n) is 4.09. The number of aromatic amines is 1. The number of H-pyrrole nitrogens is 1. The first kappa shape index (κ1) is 29.3. The van der Waals surface area contributed by atoms with Gasteiger partial charge in [-0.3, -0.25) is 9.59 Å². The van der Waals surface area contributed by atoms with Crippen LogP contribution in [0.2, 0.25) is 0 Å². The van der Waals surface area contributed by atoms with Crippen LogP contribution in [0.5, 0.6) is 0 Å². The number of likely N-dealkylation sites (N-methyl/N-ethyl adjacent to an activating group) is 1. The SMILES string of the molecule is CN(CCc1ccccc1)C(=O)CC[C@@H](NS(=O)(=O)c1ccc(C#Cc2ccccc2-c2c[nH]cn2)cc1)C(=O)O. The maximum atomic E-state index is 12.9. The van der Waals surface area contributed by atoms with Crippen LogP contribution in [0.25, 0.3) is 11.3 Å². The van der Waals surface area contributed by atoms with Crippen molar-refractivity contribution < 1.29 is 23.1 Å². The highest BCUT2D eigenvalue weighted by Crippen LogP contribution is 2.20. The van der Waals surface area contributed by atoms with E-state index < -0.39 is 22.0 Å². The van der Waals surface area contributed by atoms with E-state index in [1.165, 1.54) is 17.0 Å². The van der Waals surface area contributed by atoms with Crippen molar-refractivity contribution in [3.8, 4) is 23.1 Å². The summed E-state index contributed by atoms with van der Waals surface area (Å²) >= 11 is 0. The molecule has 0 radical (unpaired) electrons. The number of carboxylic acid groups (broad SMARTS) is 1. The molecule has 41 heavy (non-hydrogen) atoms. The molecule has 3 N–H and O–H groups in total. The summed E-state index contributed by atoms with van der Waals surface area (Å²) < 4.78 is 28.1. The van der Waals surface area contributed by atoms with Gasteiger partial charge in [-0.2, -0.15) is 4.72 Å². The molecular weight excluding hydrogens is 540 g/mol. The summed E-state index contributed by atoms with van der Waals surface area (Å²) in [6, 6.07) is 21.6. The molecule has 1 aromatic heterocycles. The van der Waals surface area contributed by atoms with E-state index in [-0.39, 0.29) is 23.6 Å². The number of carbonyl (C=O) groups is 2. The Balaban J connectivity index is 1.36. The molecule has 10 heteroatoms. The van der Waals surface area contributed by atoms with Crippen molar-refractivity contribution in [3.05, 3.63) is 108 Å². The minimum absolute atomic E-state index is 0.0995. The third-order valence-electron chi connectivity index (χ3n) is 6.45. The van der Waals surface area contributed by atoms with Crippen LogP contribution in [-0.2, 0) is 26.0 Å². The van der Waals surface area contributed by atoms with Gasteiger partial charge in [-0.15, -0.1) is 0 Å². The fourth-order valence-corrected chi connectivity index (χ4v) is 5.32. The lowest BCUT2D eigenvalue weighted by atomic mass is 10.1. The van der Waals surface area contributed by atoms with Gasteiger partial charge in [0.1, 0.15) is 6.04 Å². The molecular formula is C31H30N4O5S. The number of amides is 1. The molecule has 9 nitrogen and oxygen atoms in total. The van der Waals surface area contributed by atoms with Gasteiger partial charge in [-0.05, 0) is 48.7 Å². The van der Waals surface area contributed by atoms with Crippen LogP contribution >= 0.6 is 0 Å². The number of carboxylic acids is 1. The minimum Gasteiger partial charge on any atom is -0.480 e. The number of benzene rings is 3. The Morgan fingerprint density at radius 2 is 1.71 bits per heavy atom. The molecule has 0 fully saturated rings. The van der Waals surface area contributed by atoms with Gasteiger partial charge in [0, 0.05) is 42.9 Å². The van der Waals surface area contributed by atoms with Gasteiger partial charge in [0.2, 0.25) is 15.9 Å². The molecule has 0 aliphatic carbocycles. The maximum absolute atomic E-state index is 12.9. The highest BCUT2D eigenvalue weighted by molar-refractivity contribution is 7.89. The fraction of sp³-hybridized carbons (Fsp3) is 0.194. The summed E-state index contributed by atoms with van der Waals surface area (Å²) in [5.74, 6) is 4.50. The number of rotatable bonds is 11. The predicted octanol–water partition coefficient (Wildman–Crippen LogP) is 3.69. The number of aliphatic carboxylic acids is 1. The van der Waals surface area contributed by atoms with E-state index in [4.69, 9.17) is 0 Å². The van der Waals surface area contributed by atoms with E-state index in [1.807, 2.05) is 54.6 Å². The number of imidazole rings is 1. The zero-order chi connectivity index (χ0) is 29.2. The lowest BCUT2D eigenvalue weighted by Gasteiger charge is -2.19. The van der Waals surface area contributed by atoms with E-state index in [9.17, 15) is 23.1 Å². The summed E-state index contributed by atoms with van der Waals surface area (Å²) in [7, 11) is -2.51.